The molecule has 1 amide bonds. The highest BCUT2D eigenvalue weighted by Crippen LogP contribution is 2.22. The van der Waals surface area contributed by atoms with E-state index in [1.165, 1.54) is 0 Å². The number of hydrogen-bond donors (Lipinski definition) is 5. The number of carbonyl (C=O) groups is 1. The average molecular weight is 419 g/mol. The molecule has 10 heteroatoms. The maximum Gasteiger partial charge on any atom is 0.237 e. The minimum Gasteiger partial charge on any atom is -0.357 e. The van der Waals surface area contributed by atoms with Gasteiger partial charge in [0.25, 0.3) is 0 Å². The second-order valence-electron chi connectivity index (χ2n) is 7.15. The quantitative estimate of drug-likeness (QED) is 0.429. The highest BCUT2D eigenvalue weighted by molar-refractivity contribution is 6.27. The maximum atomic E-state index is 11.8. The molecule has 1 aromatic heterocycles. The molecule has 3 heterocycles. The zero-order valence-electron chi connectivity index (χ0n) is 16.4. The Labute approximate surface area is 175 Å². The van der Waals surface area contributed by atoms with E-state index in [2.05, 4.69) is 48.6 Å². The summed E-state index contributed by atoms with van der Waals surface area (Å²) < 4.78 is 0. The summed E-state index contributed by atoms with van der Waals surface area (Å²) in [6.07, 6.45) is 3.40. The van der Waals surface area contributed by atoms with Gasteiger partial charge in [0.2, 0.25) is 5.91 Å². The molecule has 2 aromatic rings. The topological polar surface area (TPSA) is 96.6 Å². The number of halogens is 1. The lowest BCUT2D eigenvalue weighted by Crippen LogP contribution is -2.77. The zero-order chi connectivity index (χ0) is 20.2. The molecule has 0 spiro atoms. The van der Waals surface area contributed by atoms with Crippen molar-refractivity contribution in [3.8, 4) is 0 Å². The first-order valence-electron chi connectivity index (χ1n) is 9.80. The molecule has 2 aliphatic heterocycles. The SMILES string of the molecule is CNC1NC(Nc2cccc3cnccc23)NC(N2CCN(C(=O)CCl)CC2)N1. The van der Waals surface area contributed by atoms with Crippen molar-refractivity contribution in [2.45, 2.75) is 18.9 Å². The Morgan fingerprint density at radius 1 is 1.17 bits per heavy atom. The number of anilines is 1. The predicted octanol–water partition coefficient (Wildman–Crippen LogP) is -0.118. The van der Waals surface area contributed by atoms with Crippen LogP contribution in [0.5, 0.6) is 0 Å². The van der Waals surface area contributed by atoms with Gasteiger partial charge < -0.3 is 10.2 Å². The number of hydrogen-bond acceptors (Lipinski definition) is 8. The van der Waals surface area contributed by atoms with Crippen molar-refractivity contribution >= 4 is 34.0 Å². The Kier molecular flexibility index (Phi) is 6.43. The van der Waals surface area contributed by atoms with E-state index < -0.39 is 0 Å². The third kappa shape index (κ3) is 4.61. The van der Waals surface area contributed by atoms with Crippen molar-refractivity contribution in [1.82, 2.24) is 36.1 Å². The van der Waals surface area contributed by atoms with Gasteiger partial charge in [-0.3, -0.25) is 35.9 Å². The number of pyridine rings is 1. The summed E-state index contributed by atoms with van der Waals surface area (Å²) in [4.78, 5) is 20.1. The number of carbonyl (C=O) groups excluding carboxylic acids is 1. The average Bonchev–Trinajstić information content (AvgIpc) is 2.78. The number of benzene rings is 1. The summed E-state index contributed by atoms with van der Waals surface area (Å²) in [6.45, 7) is 2.90. The first kappa shape index (κ1) is 20.3. The molecule has 2 aliphatic rings. The van der Waals surface area contributed by atoms with Crippen LogP contribution >= 0.6 is 11.6 Å². The Hall–Kier alpha value is -2.01. The summed E-state index contributed by atoms with van der Waals surface area (Å²) in [7, 11) is 1.91. The van der Waals surface area contributed by atoms with Gasteiger partial charge in [0, 0.05) is 55.0 Å². The highest BCUT2D eigenvalue weighted by atomic mass is 35.5. The molecule has 2 fully saturated rings. The monoisotopic (exact) mass is 418 g/mol. The minimum absolute atomic E-state index is 0.00404. The first-order valence-corrected chi connectivity index (χ1v) is 10.3. The third-order valence-corrected chi connectivity index (χ3v) is 5.63. The summed E-state index contributed by atoms with van der Waals surface area (Å²) in [5.41, 5.74) is 1.03. The van der Waals surface area contributed by atoms with Crippen molar-refractivity contribution in [3.63, 3.8) is 0 Å². The Morgan fingerprint density at radius 2 is 1.97 bits per heavy atom. The van der Waals surface area contributed by atoms with Crippen LogP contribution in [0.2, 0.25) is 0 Å². The lowest BCUT2D eigenvalue weighted by molar-refractivity contribution is -0.131. The van der Waals surface area contributed by atoms with Crippen LogP contribution in [0.3, 0.4) is 0 Å². The number of piperazine rings is 1. The van der Waals surface area contributed by atoms with E-state index in [1.807, 2.05) is 30.3 Å². The van der Waals surface area contributed by atoms with Crippen molar-refractivity contribution < 1.29 is 4.79 Å². The summed E-state index contributed by atoms with van der Waals surface area (Å²) in [6, 6.07) is 8.15. The van der Waals surface area contributed by atoms with Crippen molar-refractivity contribution in [1.29, 1.82) is 0 Å². The van der Waals surface area contributed by atoms with Gasteiger partial charge >= 0.3 is 0 Å². The molecule has 9 nitrogen and oxygen atoms in total. The number of aromatic nitrogens is 1. The third-order valence-electron chi connectivity index (χ3n) is 5.40. The first-order chi connectivity index (χ1) is 14.2. The van der Waals surface area contributed by atoms with E-state index in [0.29, 0.717) is 13.1 Å². The van der Waals surface area contributed by atoms with Crippen LogP contribution in [0.4, 0.5) is 5.69 Å². The molecule has 3 atom stereocenters. The second-order valence-corrected chi connectivity index (χ2v) is 7.42. The molecule has 3 unspecified atom stereocenters. The molecule has 0 aliphatic carbocycles. The Morgan fingerprint density at radius 3 is 2.72 bits per heavy atom. The van der Waals surface area contributed by atoms with Crippen LogP contribution < -0.4 is 26.6 Å². The molecular weight excluding hydrogens is 392 g/mol. The number of nitrogens with zero attached hydrogens (tertiary/aromatic N) is 3. The van der Waals surface area contributed by atoms with Gasteiger partial charge in [-0.2, -0.15) is 0 Å². The molecular formula is C19H27ClN8O. The Balaban J connectivity index is 1.44. The largest absolute Gasteiger partial charge is 0.357 e. The molecule has 0 radical (unpaired) electrons. The van der Waals surface area contributed by atoms with Crippen molar-refractivity contribution in [2.24, 2.45) is 0 Å². The maximum absolute atomic E-state index is 11.8. The van der Waals surface area contributed by atoms with Crippen LogP contribution in [0.25, 0.3) is 10.8 Å². The van der Waals surface area contributed by atoms with Crippen LogP contribution in [-0.4, -0.2) is 78.7 Å². The highest BCUT2D eigenvalue weighted by Gasteiger charge is 2.32. The standard InChI is InChI=1S/C19H27ClN8O/c1-21-17-24-18(23-15-4-2-3-13-12-22-6-5-14(13)15)26-19(25-17)28-9-7-27(8-10-28)16(29)11-20/h2-6,12,17-19,21,23-26H,7-11H2,1H3. The van der Waals surface area contributed by atoms with Gasteiger partial charge in [-0.15, -0.1) is 11.6 Å². The van der Waals surface area contributed by atoms with Crippen LogP contribution in [0, 0.1) is 0 Å². The van der Waals surface area contributed by atoms with Crippen LogP contribution in [0.1, 0.15) is 0 Å². The number of alkyl halides is 1. The number of fused-ring (bicyclic) bond motifs is 1. The summed E-state index contributed by atoms with van der Waals surface area (Å²) in [5.74, 6) is 0.0359. The van der Waals surface area contributed by atoms with Gasteiger partial charge in [0.1, 0.15) is 24.7 Å². The van der Waals surface area contributed by atoms with Gasteiger partial charge in [-0.1, -0.05) is 12.1 Å². The van der Waals surface area contributed by atoms with E-state index in [4.69, 9.17) is 11.6 Å². The van der Waals surface area contributed by atoms with E-state index in [1.54, 1.807) is 6.20 Å². The summed E-state index contributed by atoms with van der Waals surface area (Å²) >= 11 is 5.69. The molecule has 0 bridgehead atoms. The van der Waals surface area contributed by atoms with Gasteiger partial charge in [0.15, 0.2) is 0 Å². The predicted molar refractivity (Wildman–Crippen MR) is 114 cm³/mol. The molecule has 5 N–H and O–H groups in total. The van der Waals surface area contributed by atoms with E-state index >= 15 is 0 Å². The van der Waals surface area contributed by atoms with Crippen LogP contribution in [-0.2, 0) is 4.79 Å². The lowest BCUT2D eigenvalue weighted by Gasteiger charge is -2.46. The van der Waals surface area contributed by atoms with Crippen molar-refractivity contribution in [3.05, 3.63) is 36.7 Å². The van der Waals surface area contributed by atoms with E-state index in [0.717, 1.165) is 29.5 Å². The minimum atomic E-state index is -0.153. The number of amides is 1. The lowest BCUT2D eigenvalue weighted by atomic mass is 10.1. The fourth-order valence-corrected chi connectivity index (χ4v) is 3.97. The van der Waals surface area contributed by atoms with Crippen LogP contribution in [0.15, 0.2) is 36.7 Å². The molecule has 4 rings (SSSR count). The Bertz CT molecular complexity index is 839. The van der Waals surface area contributed by atoms with E-state index in [9.17, 15) is 4.79 Å². The zero-order valence-corrected chi connectivity index (χ0v) is 17.1. The molecule has 1 aromatic carbocycles. The molecule has 29 heavy (non-hydrogen) atoms. The molecule has 2 saturated heterocycles. The van der Waals surface area contributed by atoms with Gasteiger partial charge in [-0.25, -0.2) is 0 Å². The number of rotatable bonds is 5. The van der Waals surface area contributed by atoms with Crippen molar-refractivity contribution in [2.75, 3.05) is 44.4 Å². The van der Waals surface area contributed by atoms with Gasteiger partial charge in [-0.05, 0) is 19.2 Å². The fraction of sp³-hybridized carbons (Fsp3) is 0.474. The fourth-order valence-electron chi connectivity index (χ4n) is 3.81. The molecule has 0 saturated carbocycles. The van der Waals surface area contributed by atoms with E-state index in [-0.39, 0.29) is 30.7 Å². The van der Waals surface area contributed by atoms with Gasteiger partial charge in [0.05, 0.1) is 0 Å². The second kappa shape index (κ2) is 9.21. The summed E-state index contributed by atoms with van der Waals surface area (Å²) in [5, 5.41) is 19.5. The molecule has 156 valence electrons. The smallest absolute Gasteiger partial charge is 0.237 e. The number of nitrogens with one attached hydrogen (secondary N) is 5. The normalized spacial score (nSPS) is 25.9.